The maximum atomic E-state index is 13.6. The molecule has 0 spiro atoms. The van der Waals surface area contributed by atoms with E-state index in [4.69, 9.17) is 16.0 Å². The number of nitrogens with zero attached hydrogens (tertiary/aromatic N) is 1. The standard InChI is InChI=1S/C19H13ClFNO4/c20-11-3-1-2-10(8-11)16-15-17(24)13-9-12(21)4-5-14(13)26-18(15)19(25)22(16)6-7-23/h1-5,8-9,16,23H,6-7H2. The number of aliphatic hydroxyl groups excluding tert-OH is 1. The lowest BCUT2D eigenvalue weighted by Gasteiger charge is -2.24. The van der Waals surface area contributed by atoms with Crippen molar-refractivity contribution in [3.8, 4) is 0 Å². The Morgan fingerprint density at radius 1 is 1.19 bits per heavy atom. The van der Waals surface area contributed by atoms with Gasteiger partial charge in [0.05, 0.1) is 23.6 Å². The van der Waals surface area contributed by atoms with Crippen LogP contribution in [0, 0.1) is 5.82 Å². The lowest BCUT2D eigenvalue weighted by molar-refractivity contribution is 0.0691. The van der Waals surface area contributed by atoms with Crippen LogP contribution < -0.4 is 5.43 Å². The van der Waals surface area contributed by atoms with Gasteiger partial charge in [0.2, 0.25) is 5.76 Å². The van der Waals surface area contributed by atoms with Crippen molar-refractivity contribution in [3.05, 3.63) is 80.4 Å². The van der Waals surface area contributed by atoms with E-state index < -0.39 is 23.2 Å². The summed E-state index contributed by atoms with van der Waals surface area (Å²) in [4.78, 5) is 27.2. The molecule has 1 aromatic heterocycles. The van der Waals surface area contributed by atoms with E-state index in [2.05, 4.69) is 0 Å². The van der Waals surface area contributed by atoms with Crippen LogP contribution in [-0.4, -0.2) is 29.1 Å². The number of fused-ring (bicyclic) bond motifs is 2. The average molecular weight is 374 g/mol. The fourth-order valence-electron chi connectivity index (χ4n) is 3.35. The van der Waals surface area contributed by atoms with Crippen molar-refractivity contribution in [1.82, 2.24) is 4.90 Å². The monoisotopic (exact) mass is 373 g/mol. The molecule has 1 aliphatic rings. The fourth-order valence-corrected chi connectivity index (χ4v) is 3.55. The largest absolute Gasteiger partial charge is 0.450 e. The van der Waals surface area contributed by atoms with Crippen molar-refractivity contribution in [2.24, 2.45) is 0 Å². The minimum absolute atomic E-state index is 0.0182. The molecule has 1 unspecified atom stereocenters. The van der Waals surface area contributed by atoms with Crippen molar-refractivity contribution >= 4 is 28.5 Å². The molecule has 1 amide bonds. The molecule has 132 valence electrons. The molecular formula is C19H13ClFNO4. The number of hydrogen-bond acceptors (Lipinski definition) is 4. The first-order chi connectivity index (χ1) is 12.5. The third-order valence-electron chi connectivity index (χ3n) is 4.43. The van der Waals surface area contributed by atoms with Crippen LogP contribution in [0.2, 0.25) is 5.02 Å². The number of carbonyl (C=O) groups is 1. The predicted octanol–water partition coefficient (Wildman–Crippen LogP) is 3.12. The molecule has 2 aromatic carbocycles. The van der Waals surface area contributed by atoms with E-state index in [1.807, 2.05) is 0 Å². The van der Waals surface area contributed by atoms with Gasteiger partial charge in [-0.2, -0.15) is 0 Å². The van der Waals surface area contributed by atoms with Crippen molar-refractivity contribution in [2.45, 2.75) is 6.04 Å². The molecule has 26 heavy (non-hydrogen) atoms. The van der Waals surface area contributed by atoms with Gasteiger partial charge in [-0.1, -0.05) is 23.7 Å². The van der Waals surface area contributed by atoms with E-state index in [-0.39, 0.29) is 35.4 Å². The summed E-state index contributed by atoms with van der Waals surface area (Å²) in [5, 5.41) is 9.87. The highest BCUT2D eigenvalue weighted by molar-refractivity contribution is 6.30. The van der Waals surface area contributed by atoms with Crippen molar-refractivity contribution in [2.75, 3.05) is 13.2 Å². The lowest BCUT2D eigenvalue weighted by Crippen LogP contribution is -2.32. The molecule has 7 heteroatoms. The van der Waals surface area contributed by atoms with Crippen LogP contribution in [0.15, 0.2) is 51.7 Å². The Labute approximate surface area is 152 Å². The summed E-state index contributed by atoms with van der Waals surface area (Å²) in [6.07, 6.45) is 0. The highest BCUT2D eigenvalue weighted by Crippen LogP contribution is 2.38. The molecule has 0 saturated heterocycles. The summed E-state index contributed by atoms with van der Waals surface area (Å²) in [6, 6.07) is 9.59. The Morgan fingerprint density at radius 3 is 2.73 bits per heavy atom. The second-order valence-corrected chi connectivity index (χ2v) is 6.43. The Kier molecular flexibility index (Phi) is 4.01. The second-order valence-electron chi connectivity index (χ2n) is 5.99. The van der Waals surface area contributed by atoms with E-state index in [1.165, 1.54) is 11.0 Å². The number of amides is 1. The maximum absolute atomic E-state index is 13.6. The van der Waals surface area contributed by atoms with E-state index in [0.29, 0.717) is 10.6 Å². The average Bonchev–Trinajstić information content (AvgIpc) is 2.89. The molecule has 0 aliphatic carbocycles. The van der Waals surface area contributed by atoms with E-state index in [1.54, 1.807) is 24.3 Å². The van der Waals surface area contributed by atoms with E-state index in [0.717, 1.165) is 12.1 Å². The smallest absolute Gasteiger partial charge is 0.290 e. The third-order valence-corrected chi connectivity index (χ3v) is 4.67. The van der Waals surface area contributed by atoms with Gasteiger partial charge in [0.15, 0.2) is 5.43 Å². The van der Waals surface area contributed by atoms with Gasteiger partial charge in [-0.15, -0.1) is 0 Å². The van der Waals surface area contributed by atoms with Crippen LogP contribution in [0.4, 0.5) is 4.39 Å². The minimum atomic E-state index is -0.757. The van der Waals surface area contributed by atoms with E-state index in [9.17, 15) is 19.1 Å². The van der Waals surface area contributed by atoms with Gasteiger partial charge in [0.1, 0.15) is 11.4 Å². The molecule has 0 bridgehead atoms. The number of rotatable bonds is 3. The fraction of sp³-hybridized carbons (Fsp3) is 0.158. The molecule has 3 aromatic rings. The molecule has 2 heterocycles. The molecule has 1 N–H and O–H groups in total. The Balaban J connectivity index is 2.03. The lowest BCUT2D eigenvalue weighted by atomic mass is 9.98. The molecule has 0 radical (unpaired) electrons. The second kappa shape index (κ2) is 6.23. The van der Waals surface area contributed by atoms with Gasteiger partial charge in [-0.3, -0.25) is 9.59 Å². The topological polar surface area (TPSA) is 70.8 Å². The number of aliphatic hydroxyl groups is 1. The van der Waals surface area contributed by atoms with Gasteiger partial charge in [0, 0.05) is 11.6 Å². The van der Waals surface area contributed by atoms with Crippen LogP contribution in [0.5, 0.6) is 0 Å². The Morgan fingerprint density at radius 2 is 2.00 bits per heavy atom. The first-order valence-corrected chi connectivity index (χ1v) is 8.32. The molecule has 1 aliphatic heterocycles. The summed E-state index contributed by atoms with van der Waals surface area (Å²) in [5.74, 6) is -1.16. The quantitative estimate of drug-likeness (QED) is 0.765. The van der Waals surface area contributed by atoms with Crippen LogP contribution >= 0.6 is 11.6 Å². The summed E-state index contributed by atoms with van der Waals surface area (Å²) >= 11 is 6.06. The van der Waals surface area contributed by atoms with Crippen LogP contribution in [0.1, 0.15) is 27.7 Å². The van der Waals surface area contributed by atoms with Crippen molar-refractivity contribution in [1.29, 1.82) is 0 Å². The first-order valence-electron chi connectivity index (χ1n) is 7.95. The van der Waals surface area contributed by atoms with Gasteiger partial charge in [-0.25, -0.2) is 4.39 Å². The summed E-state index contributed by atoms with van der Waals surface area (Å²) < 4.78 is 19.2. The van der Waals surface area contributed by atoms with Crippen LogP contribution in [0.25, 0.3) is 11.0 Å². The summed E-state index contributed by atoms with van der Waals surface area (Å²) in [6.45, 7) is -0.260. The highest BCUT2D eigenvalue weighted by atomic mass is 35.5. The SMILES string of the molecule is O=C1c2oc3ccc(F)cc3c(=O)c2C(c2cccc(Cl)c2)N1CCO. The van der Waals surface area contributed by atoms with Crippen molar-refractivity contribution in [3.63, 3.8) is 0 Å². The van der Waals surface area contributed by atoms with Crippen molar-refractivity contribution < 1.29 is 18.7 Å². The zero-order chi connectivity index (χ0) is 18.4. The number of halogens is 2. The van der Waals surface area contributed by atoms with Crippen LogP contribution in [-0.2, 0) is 0 Å². The van der Waals surface area contributed by atoms with E-state index >= 15 is 0 Å². The molecular weight excluding hydrogens is 361 g/mol. The molecule has 0 fully saturated rings. The molecule has 1 atom stereocenters. The summed E-state index contributed by atoms with van der Waals surface area (Å²) in [7, 11) is 0. The molecule has 0 saturated carbocycles. The van der Waals surface area contributed by atoms with Gasteiger partial charge in [0.25, 0.3) is 5.91 Å². The number of benzene rings is 2. The predicted molar refractivity (Wildman–Crippen MR) is 93.9 cm³/mol. The first kappa shape index (κ1) is 16.8. The van der Waals surface area contributed by atoms with Crippen LogP contribution in [0.3, 0.4) is 0 Å². The number of hydrogen-bond donors (Lipinski definition) is 1. The van der Waals surface area contributed by atoms with Gasteiger partial charge >= 0.3 is 0 Å². The zero-order valence-corrected chi connectivity index (χ0v) is 14.2. The van der Waals surface area contributed by atoms with Gasteiger partial charge < -0.3 is 14.4 Å². The normalized spacial score (nSPS) is 16.3. The third kappa shape index (κ3) is 2.50. The number of β-amino-alcohol motifs (C(OH)–C–C–N with tert-alkyl or cyclic N) is 1. The maximum Gasteiger partial charge on any atom is 0.290 e. The Hall–Kier alpha value is -2.70. The molecule has 5 nitrogen and oxygen atoms in total. The zero-order valence-electron chi connectivity index (χ0n) is 13.4. The minimum Gasteiger partial charge on any atom is -0.450 e. The summed E-state index contributed by atoms with van der Waals surface area (Å²) in [5.41, 5.74) is 0.406. The van der Waals surface area contributed by atoms with Gasteiger partial charge in [-0.05, 0) is 35.9 Å². The highest BCUT2D eigenvalue weighted by Gasteiger charge is 2.42. The number of carbonyl (C=O) groups excluding carboxylic acids is 1. The Bertz CT molecular complexity index is 1090. The molecule has 4 rings (SSSR count).